The van der Waals surface area contributed by atoms with E-state index >= 15 is 0 Å². The Bertz CT molecular complexity index is 1440. The Labute approximate surface area is 249 Å². The maximum absolute atomic E-state index is 14.1. The van der Waals surface area contributed by atoms with Gasteiger partial charge in [-0.25, -0.2) is 8.42 Å². The summed E-state index contributed by atoms with van der Waals surface area (Å²) in [6.07, 6.45) is 0.501. The van der Waals surface area contributed by atoms with Gasteiger partial charge >= 0.3 is 0 Å². The molecule has 10 heteroatoms. The van der Waals surface area contributed by atoms with Crippen molar-refractivity contribution >= 4 is 27.5 Å². The highest BCUT2D eigenvalue weighted by atomic mass is 32.2. The van der Waals surface area contributed by atoms with E-state index in [1.165, 1.54) is 37.3 Å². The molecule has 0 saturated carbocycles. The summed E-state index contributed by atoms with van der Waals surface area (Å²) in [6, 6.07) is 20.0. The molecule has 3 aromatic rings. The summed E-state index contributed by atoms with van der Waals surface area (Å²) >= 11 is 0. The lowest BCUT2D eigenvalue weighted by molar-refractivity contribution is -0.138. The van der Waals surface area contributed by atoms with Crippen molar-refractivity contribution in [1.29, 1.82) is 0 Å². The molecule has 226 valence electrons. The van der Waals surface area contributed by atoms with Crippen molar-refractivity contribution in [2.24, 2.45) is 5.92 Å². The maximum atomic E-state index is 14.1. The molecule has 1 N–H and O–H groups in total. The number of methoxy groups -OCH3 is 2. The molecule has 3 aromatic carbocycles. The lowest BCUT2D eigenvalue weighted by Gasteiger charge is -2.32. The first-order valence-corrected chi connectivity index (χ1v) is 15.3. The standard InChI is InChI=1S/C32H41N3O6S/c1-23(2)21-33-32(37)25(4)34(19-18-26-10-8-7-9-11-26)31(36)22-35(27-14-12-24(3)13-15-27)42(38,39)28-16-17-29(40-5)30(20-28)41-6/h7-17,20,23,25H,18-19,21-22H2,1-6H3,(H,33,37)/t25-/m0/s1. The van der Waals surface area contributed by atoms with Crippen molar-refractivity contribution in [1.82, 2.24) is 10.2 Å². The number of carbonyl (C=O) groups excluding carboxylic acids is 2. The van der Waals surface area contributed by atoms with Gasteiger partial charge in [-0.15, -0.1) is 0 Å². The molecule has 0 aliphatic rings. The van der Waals surface area contributed by atoms with E-state index in [-0.39, 0.29) is 29.0 Å². The van der Waals surface area contributed by atoms with Crippen molar-refractivity contribution in [3.05, 3.63) is 83.9 Å². The highest BCUT2D eigenvalue weighted by molar-refractivity contribution is 7.92. The van der Waals surface area contributed by atoms with Gasteiger partial charge in [0.1, 0.15) is 12.6 Å². The number of nitrogens with zero attached hydrogens (tertiary/aromatic N) is 2. The van der Waals surface area contributed by atoms with E-state index in [0.29, 0.717) is 24.4 Å². The quantitative estimate of drug-likeness (QED) is 0.296. The van der Waals surface area contributed by atoms with E-state index in [0.717, 1.165) is 15.4 Å². The molecule has 0 spiro atoms. The van der Waals surface area contributed by atoms with Crippen LogP contribution in [0.2, 0.25) is 0 Å². The van der Waals surface area contributed by atoms with Gasteiger partial charge in [-0.1, -0.05) is 61.9 Å². The fraction of sp³-hybridized carbons (Fsp3) is 0.375. The largest absolute Gasteiger partial charge is 0.493 e. The van der Waals surface area contributed by atoms with Crippen molar-refractivity contribution in [2.75, 3.05) is 38.2 Å². The summed E-state index contributed by atoms with van der Waals surface area (Å²) in [5.41, 5.74) is 2.26. The lowest BCUT2D eigenvalue weighted by atomic mass is 10.1. The van der Waals surface area contributed by atoms with E-state index in [9.17, 15) is 18.0 Å². The summed E-state index contributed by atoms with van der Waals surface area (Å²) in [5.74, 6) is 0.0622. The molecule has 2 amide bonds. The van der Waals surface area contributed by atoms with Crippen molar-refractivity contribution in [3.8, 4) is 11.5 Å². The van der Waals surface area contributed by atoms with E-state index in [1.54, 1.807) is 31.2 Å². The molecule has 3 rings (SSSR count). The summed E-state index contributed by atoms with van der Waals surface area (Å²) in [5, 5.41) is 2.90. The summed E-state index contributed by atoms with van der Waals surface area (Å²) < 4.78 is 39.9. The minimum absolute atomic E-state index is 0.0629. The smallest absolute Gasteiger partial charge is 0.264 e. The van der Waals surface area contributed by atoms with E-state index in [1.807, 2.05) is 51.1 Å². The molecule has 0 aliphatic carbocycles. The monoisotopic (exact) mass is 595 g/mol. The highest BCUT2D eigenvalue weighted by Crippen LogP contribution is 2.32. The van der Waals surface area contributed by atoms with Crippen molar-refractivity contribution < 1.29 is 27.5 Å². The Hall–Kier alpha value is -4.05. The number of hydrogen-bond acceptors (Lipinski definition) is 6. The second-order valence-electron chi connectivity index (χ2n) is 10.5. The molecule has 0 unspecified atom stereocenters. The summed E-state index contributed by atoms with van der Waals surface area (Å²) in [4.78, 5) is 28.5. The molecule has 1 atom stereocenters. The molecular weight excluding hydrogens is 554 g/mol. The first-order valence-electron chi connectivity index (χ1n) is 13.9. The van der Waals surface area contributed by atoms with Crippen LogP contribution >= 0.6 is 0 Å². The number of benzene rings is 3. The van der Waals surface area contributed by atoms with Crippen LogP contribution in [0.25, 0.3) is 0 Å². The van der Waals surface area contributed by atoms with Gasteiger partial charge in [-0.2, -0.15) is 0 Å². The Morgan fingerprint density at radius 2 is 1.52 bits per heavy atom. The molecule has 0 saturated heterocycles. The number of aryl methyl sites for hydroxylation is 1. The molecule has 42 heavy (non-hydrogen) atoms. The topological polar surface area (TPSA) is 105 Å². The summed E-state index contributed by atoms with van der Waals surface area (Å²) in [6.45, 7) is 7.73. The SMILES string of the molecule is COc1ccc(S(=O)(=O)N(CC(=O)N(CCc2ccccc2)[C@@H](C)C(=O)NCC(C)C)c2ccc(C)cc2)cc1OC. The molecule has 0 radical (unpaired) electrons. The third-order valence-corrected chi connectivity index (χ3v) is 8.65. The normalized spacial score (nSPS) is 12.0. The number of sulfonamides is 1. The van der Waals surface area contributed by atoms with Gasteiger partial charge in [0.15, 0.2) is 11.5 Å². The molecule has 9 nitrogen and oxygen atoms in total. The van der Waals surface area contributed by atoms with Gasteiger partial charge < -0.3 is 19.7 Å². The number of nitrogens with one attached hydrogen (secondary N) is 1. The van der Waals surface area contributed by atoms with Gasteiger partial charge in [0.2, 0.25) is 11.8 Å². The number of anilines is 1. The fourth-order valence-corrected chi connectivity index (χ4v) is 5.80. The lowest BCUT2D eigenvalue weighted by Crippen LogP contribution is -2.52. The van der Waals surface area contributed by atoms with Gasteiger partial charge in [0.25, 0.3) is 10.0 Å². The van der Waals surface area contributed by atoms with Crippen LogP contribution in [-0.4, -0.2) is 65.0 Å². The zero-order chi connectivity index (χ0) is 30.9. The zero-order valence-electron chi connectivity index (χ0n) is 25.2. The molecule has 0 heterocycles. The zero-order valence-corrected chi connectivity index (χ0v) is 26.0. The predicted molar refractivity (Wildman–Crippen MR) is 164 cm³/mol. The minimum Gasteiger partial charge on any atom is -0.493 e. The average molecular weight is 596 g/mol. The Morgan fingerprint density at radius 1 is 0.881 bits per heavy atom. The number of carbonyl (C=O) groups is 2. The fourth-order valence-electron chi connectivity index (χ4n) is 4.37. The van der Waals surface area contributed by atoms with Gasteiger partial charge in [-0.3, -0.25) is 13.9 Å². The Balaban J connectivity index is 2.00. The number of rotatable bonds is 14. The average Bonchev–Trinajstić information content (AvgIpc) is 2.99. The highest BCUT2D eigenvalue weighted by Gasteiger charge is 2.33. The van der Waals surface area contributed by atoms with Crippen LogP contribution in [0, 0.1) is 12.8 Å². The first kappa shape index (κ1) is 32.5. The van der Waals surface area contributed by atoms with Crippen LogP contribution in [0.1, 0.15) is 31.9 Å². The number of amides is 2. The predicted octanol–water partition coefficient (Wildman–Crippen LogP) is 4.44. The Kier molecular flexibility index (Phi) is 11.4. The first-order chi connectivity index (χ1) is 20.0. The van der Waals surface area contributed by atoms with Gasteiger partial charge in [0, 0.05) is 19.2 Å². The third kappa shape index (κ3) is 8.25. The number of ether oxygens (including phenoxy) is 2. The minimum atomic E-state index is -4.24. The second-order valence-corrected chi connectivity index (χ2v) is 12.4. The van der Waals surface area contributed by atoms with Gasteiger partial charge in [0.05, 0.1) is 24.8 Å². The maximum Gasteiger partial charge on any atom is 0.264 e. The van der Waals surface area contributed by atoms with E-state index in [2.05, 4.69) is 5.32 Å². The third-order valence-electron chi connectivity index (χ3n) is 6.88. The van der Waals surface area contributed by atoms with Crippen LogP contribution in [0.3, 0.4) is 0 Å². The summed E-state index contributed by atoms with van der Waals surface area (Å²) in [7, 11) is -1.35. The molecule has 0 fully saturated rings. The second kappa shape index (κ2) is 14.7. The van der Waals surface area contributed by atoms with Crippen molar-refractivity contribution in [2.45, 2.75) is 45.1 Å². The van der Waals surface area contributed by atoms with Gasteiger partial charge in [-0.05, 0) is 56.0 Å². The molecule has 0 bridgehead atoms. The molecule has 0 aliphatic heterocycles. The van der Waals surface area contributed by atoms with Crippen LogP contribution < -0.4 is 19.1 Å². The van der Waals surface area contributed by atoms with Crippen LogP contribution in [0.5, 0.6) is 11.5 Å². The van der Waals surface area contributed by atoms with E-state index in [4.69, 9.17) is 9.47 Å². The van der Waals surface area contributed by atoms with Crippen LogP contribution in [0.15, 0.2) is 77.7 Å². The van der Waals surface area contributed by atoms with Crippen molar-refractivity contribution in [3.63, 3.8) is 0 Å². The molecular formula is C32H41N3O6S. The van der Waals surface area contributed by atoms with Crippen LogP contribution in [-0.2, 0) is 26.0 Å². The Morgan fingerprint density at radius 3 is 2.12 bits per heavy atom. The van der Waals surface area contributed by atoms with Crippen LogP contribution in [0.4, 0.5) is 5.69 Å². The van der Waals surface area contributed by atoms with E-state index < -0.39 is 28.5 Å². The molecule has 0 aromatic heterocycles. The number of hydrogen-bond donors (Lipinski definition) is 1.